The van der Waals surface area contributed by atoms with Crippen LogP contribution in [0, 0.1) is 0 Å². The monoisotopic (exact) mass is 1370 g/mol. The predicted molar refractivity (Wildman–Crippen MR) is 353 cm³/mol. The Bertz CT molecular complexity index is 3360. The molecule has 0 saturated carbocycles. The fourth-order valence-corrected chi connectivity index (χ4v) is 12.3. The molecule has 2 fully saturated rings. The summed E-state index contributed by atoms with van der Waals surface area (Å²) >= 11 is 2.82. The highest BCUT2D eigenvalue weighted by molar-refractivity contribution is 7.99. The van der Waals surface area contributed by atoms with E-state index in [1.54, 1.807) is 36.4 Å². The molecule has 2 aliphatic rings. The number of hydrogen-bond donors (Lipinski definition) is 14. The number of ether oxygens (including phenoxy) is 4. The number of benzene rings is 5. The summed E-state index contributed by atoms with van der Waals surface area (Å²) in [4.78, 5) is 102. The summed E-state index contributed by atoms with van der Waals surface area (Å²) in [6.45, 7) is 0.0504. The van der Waals surface area contributed by atoms with E-state index in [4.69, 9.17) is 18.9 Å². The average molecular weight is 1370 g/mol. The molecule has 0 aliphatic carbocycles. The maximum atomic E-state index is 13.3. The van der Waals surface area contributed by atoms with Gasteiger partial charge in [0.1, 0.15) is 37.1 Å². The van der Waals surface area contributed by atoms with Crippen LogP contribution in [-0.2, 0) is 60.6 Å². The summed E-state index contributed by atoms with van der Waals surface area (Å²) in [5.74, 6) is -10.4. The van der Waals surface area contributed by atoms with E-state index in [0.29, 0.717) is 34.1 Å². The summed E-state index contributed by atoms with van der Waals surface area (Å²) in [5, 5.41) is 110. The Balaban J connectivity index is 0.783. The standard InChI is InChI=1S/C68H83N5O21S2/c1-2-53(79)72-57-51(77)38-68(66(89)90,94-62(57)60(84)58(82)49(75)35-41-15-19-45(20-16-41)43-11-5-3-6-12-43)92-30-10-32-96-34-28-70-64(86)48-25-23-47(24-26-48)63(85)69-27-33-95-31-9-29-91-67(65(87)88)37-50(76)56(73-55(81)40-74)61(93-67)59(83)52(78)39-71-54(80)36-42-17-21-46(22-18-42)44-13-7-4-8-14-44/h3-8,11-26,50-52,56-62,74,76-78,82-84H,2,9-10,27-40H2,1H3,(H,69,85)(H,70,86)(H,71,80)(H,72,79)(H,73,81)(H,87,88)(H,89,90)/t50-,51-,52+,56+,57+,58+,59+,60+,61+,62+,67+,68+/m0/s1. The maximum absolute atomic E-state index is 13.3. The molecule has 7 rings (SSSR count). The molecule has 96 heavy (non-hydrogen) atoms. The quantitative estimate of drug-likeness (QED) is 0.0251. The van der Waals surface area contributed by atoms with E-state index in [2.05, 4.69) is 26.6 Å². The minimum Gasteiger partial charge on any atom is -0.477 e. The van der Waals surface area contributed by atoms with E-state index in [9.17, 15) is 84.3 Å². The van der Waals surface area contributed by atoms with Crippen molar-refractivity contribution < 1.29 is 103 Å². The molecule has 28 heteroatoms. The summed E-state index contributed by atoms with van der Waals surface area (Å²) in [7, 11) is 0. The second-order valence-corrected chi connectivity index (χ2v) is 25.4. The minimum atomic E-state index is -2.55. The van der Waals surface area contributed by atoms with Crippen LogP contribution in [0.1, 0.15) is 70.9 Å². The van der Waals surface area contributed by atoms with E-state index in [-0.39, 0.29) is 69.5 Å². The largest absolute Gasteiger partial charge is 0.477 e. The Morgan fingerprint density at radius 2 is 0.948 bits per heavy atom. The first-order chi connectivity index (χ1) is 46.1. The van der Waals surface area contributed by atoms with Gasteiger partial charge in [-0.1, -0.05) is 116 Å². The Hall–Kier alpha value is -7.68. The number of nitrogens with one attached hydrogen (secondary N) is 5. The molecule has 12 atom stereocenters. The Kier molecular flexibility index (Phi) is 29.3. The van der Waals surface area contributed by atoms with Crippen LogP contribution < -0.4 is 26.6 Å². The molecule has 0 spiro atoms. The molecule has 5 aromatic carbocycles. The lowest BCUT2D eigenvalue weighted by molar-refractivity contribution is -0.310. The van der Waals surface area contributed by atoms with Crippen LogP contribution in [0.3, 0.4) is 0 Å². The fourth-order valence-electron chi connectivity index (χ4n) is 10.8. The summed E-state index contributed by atoms with van der Waals surface area (Å²) in [5.41, 5.74) is 5.55. The molecular formula is C68H83N5O21S2. The molecule has 2 heterocycles. The van der Waals surface area contributed by atoms with E-state index in [0.717, 1.165) is 22.3 Å². The number of aliphatic hydroxyl groups is 7. The van der Waals surface area contributed by atoms with Gasteiger partial charge in [-0.25, -0.2) is 9.59 Å². The smallest absolute Gasteiger partial charge is 0.364 e. The molecule has 0 bridgehead atoms. The number of aliphatic hydroxyl groups excluding tert-OH is 7. The molecule has 5 aromatic rings. The first kappa shape index (κ1) is 75.7. The van der Waals surface area contributed by atoms with Gasteiger partial charge >= 0.3 is 11.9 Å². The first-order valence-corrected chi connectivity index (χ1v) is 33.7. The summed E-state index contributed by atoms with van der Waals surface area (Å²) in [6, 6.07) is 36.4. The predicted octanol–water partition coefficient (Wildman–Crippen LogP) is 1.61. The van der Waals surface area contributed by atoms with Gasteiger partial charge in [0.2, 0.25) is 17.7 Å². The second kappa shape index (κ2) is 37.2. The molecule has 2 saturated heterocycles. The normalized spacial score (nSPS) is 22.1. The maximum Gasteiger partial charge on any atom is 0.364 e. The van der Waals surface area contributed by atoms with Crippen molar-refractivity contribution in [1.82, 2.24) is 26.6 Å². The molecule has 14 N–H and O–H groups in total. The third-order valence-electron chi connectivity index (χ3n) is 16.0. The zero-order chi connectivity index (χ0) is 69.4. The van der Waals surface area contributed by atoms with Crippen LogP contribution in [0.2, 0.25) is 0 Å². The van der Waals surface area contributed by atoms with Gasteiger partial charge in [-0.05, 0) is 82.0 Å². The van der Waals surface area contributed by atoms with Crippen LogP contribution in [-0.4, -0.2) is 228 Å². The van der Waals surface area contributed by atoms with Gasteiger partial charge in [0.25, 0.3) is 23.4 Å². The zero-order valence-electron chi connectivity index (χ0n) is 52.7. The molecular weight excluding hydrogens is 1290 g/mol. The van der Waals surface area contributed by atoms with Crippen LogP contribution in [0.5, 0.6) is 0 Å². The lowest BCUT2D eigenvalue weighted by Crippen LogP contribution is -2.68. The first-order valence-electron chi connectivity index (χ1n) is 31.4. The second-order valence-electron chi connectivity index (χ2n) is 23.0. The highest BCUT2D eigenvalue weighted by Gasteiger charge is 2.57. The van der Waals surface area contributed by atoms with Gasteiger partial charge in [-0.2, -0.15) is 23.5 Å². The van der Waals surface area contributed by atoms with Gasteiger partial charge < -0.3 is 91.5 Å². The molecule has 5 amide bonds. The van der Waals surface area contributed by atoms with Crippen molar-refractivity contribution in [3.05, 3.63) is 156 Å². The number of rotatable bonds is 37. The topological polar surface area (TPSA) is 416 Å². The van der Waals surface area contributed by atoms with Crippen LogP contribution in [0.25, 0.3) is 22.3 Å². The molecule has 518 valence electrons. The number of amides is 5. The summed E-state index contributed by atoms with van der Waals surface area (Å²) < 4.78 is 23.1. The zero-order valence-corrected chi connectivity index (χ0v) is 54.4. The molecule has 0 unspecified atom stereocenters. The Morgan fingerprint density at radius 3 is 1.38 bits per heavy atom. The van der Waals surface area contributed by atoms with Crippen molar-refractivity contribution in [3.8, 4) is 22.3 Å². The van der Waals surface area contributed by atoms with Crippen molar-refractivity contribution in [2.24, 2.45) is 0 Å². The lowest BCUT2D eigenvalue weighted by Gasteiger charge is -2.46. The lowest BCUT2D eigenvalue weighted by atomic mass is 9.87. The van der Waals surface area contributed by atoms with E-state index in [1.165, 1.54) is 54.7 Å². The number of hydrogen-bond acceptors (Lipinski definition) is 21. The van der Waals surface area contributed by atoms with Crippen molar-refractivity contribution in [3.63, 3.8) is 0 Å². The molecule has 0 radical (unpaired) electrons. The number of carboxylic acids is 2. The van der Waals surface area contributed by atoms with Crippen LogP contribution in [0.15, 0.2) is 133 Å². The number of Topliss-reactive ketones (excluding diaryl/α,β-unsaturated/α-hetero) is 1. The number of aliphatic carboxylic acids is 2. The van der Waals surface area contributed by atoms with Gasteiger partial charge in [-0.3, -0.25) is 28.8 Å². The average Bonchev–Trinajstić information content (AvgIpc) is 0.775. The molecule has 2 aliphatic heterocycles. The Labute approximate surface area is 562 Å². The fraction of sp³-hybridized carbons (Fsp3) is 0.441. The van der Waals surface area contributed by atoms with Gasteiger partial charge in [0, 0.05) is 68.0 Å². The molecule has 26 nitrogen and oxygen atoms in total. The van der Waals surface area contributed by atoms with Crippen molar-refractivity contribution in [1.29, 1.82) is 0 Å². The number of carbonyl (C=O) groups excluding carboxylic acids is 6. The van der Waals surface area contributed by atoms with Gasteiger partial charge in [-0.15, -0.1) is 0 Å². The Morgan fingerprint density at radius 1 is 0.531 bits per heavy atom. The molecule has 0 aromatic heterocycles. The highest BCUT2D eigenvalue weighted by Crippen LogP contribution is 2.36. The SMILES string of the molecule is CCC(=O)N[C@H]1[C@H]([C@H](O)[C@H](O)C(=O)Cc2ccc(-c3ccccc3)cc2)O[C@@](OCCCSCCNC(=O)c2ccc(C(=O)NCCSCCCO[C@]3(C(=O)O)C[C@H](O)[C@@H](NC(=O)CO)[C@H]([C@H](O)[C@H](O)CNC(=O)Cc4ccc(-c5ccccc5)cc4)O3)cc2)(C(=O)O)C[C@@H]1O. The van der Waals surface area contributed by atoms with Crippen molar-refractivity contribution in [2.45, 2.75) is 124 Å². The van der Waals surface area contributed by atoms with Crippen molar-refractivity contribution in [2.75, 3.05) is 62.5 Å². The number of carbonyl (C=O) groups is 8. The highest BCUT2D eigenvalue weighted by atomic mass is 32.2. The van der Waals surface area contributed by atoms with Crippen LogP contribution in [0.4, 0.5) is 0 Å². The van der Waals surface area contributed by atoms with Crippen molar-refractivity contribution >= 4 is 70.8 Å². The number of carboxylic acid groups (broad SMARTS) is 2. The van der Waals surface area contributed by atoms with E-state index in [1.807, 2.05) is 72.8 Å². The van der Waals surface area contributed by atoms with E-state index >= 15 is 0 Å². The third kappa shape index (κ3) is 21.4. The van der Waals surface area contributed by atoms with Gasteiger partial charge in [0.05, 0.1) is 50.0 Å². The number of thioether (sulfide) groups is 2. The van der Waals surface area contributed by atoms with E-state index < -0.39 is 146 Å². The van der Waals surface area contributed by atoms with Crippen LogP contribution >= 0.6 is 23.5 Å². The minimum absolute atomic E-state index is 0.0400. The van der Waals surface area contributed by atoms with Gasteiger partial charge in [0.15, 0.2) is 5.78 Å². The summed E-state index contributed by atoms with van der Waals surface area (Å²) in [6.07, 6.45) is -16.2. The number of ketones is 1. The third-order valence-corrected chi connectivity index (χ3v) is 18.2.